The second-order valence-corrected chi connectivity index (χ2v) is 12.0. The summed E-state index contributed by atoms with van der Waals surface area (Å²) >= 11 is 0. The van der Waals surface area contributed by atoms with Crippen LogP contribution in [-0.2, 0) is 14.3 Å². The molecule has 2 aliphatic carbocycles. The molecule has 188 valence electrons. The zero-order valence-electron chi connectivity index (χ0n) is 21.6. The highest BCUT2D eigenvalue weighted by Gasteiger charge is 2.53. The van der Waals surface area contributed by atoms with Gasteiger partial charge in [-0.1, -0.05) is 30.3 Å². The molecule has 2 saturated carbocycles. The first-order valence-corrected chi connectivity index (χ1v) is 13.0. The normalized spacial score (nSPS) is 25.3. The second kappa shape index (κ2) is 9.52. The number of benzene rings is 1. The molecule has 1 aromatic rings. The Labute approximate surface area is 205 Å². The Bertz CT molecular complexity index is 866. The van der Waals surface area contributed by atoms with Gasteiger partial charge in [0.2, 0.25) is 0 Å². The first-order valence-electron chi connectivity index (χ1n) is 13.0. The predicted octanol–water partition coefficient (Wildman–Crippen LogP) is 5.23. The standard InChI is InChI=1S/C28H42N2O4/c1-6-33-24(31)27(5)14-16-29(17-15-27)19-28(12-13-28)20-30(25(32)34-26(2,3)4)23-18-22(23)21-10-8-7-9-11-21/h7-11,22-23H,6,12-20H2,1-5H3/t22?,23-/m0/s1. The SMILES string of the molecule is CCOC(=O)C1(C)CCN(CC2(CN(C(=O)OC(C)(C)C)[C@H]3CC3c3ccccc3)CC2)CC1. The zero-order chi connectivity index (χ0) is 24.6. The van der Waals surface area contributed by atoms with Gasteiger partial charge in [0.05, 0.1) is 12.0 Å². The van der Waals surface area contributed by atoms with Gasteiger partial charge in [0.15, 0.2) is 0 Å². The van der Waals surface area contributed by atoms with Crippen LogP contribution in [0.4, 0.5) is 4.79 Å². The van der Waals surface area contributed by atoms with Gasteiger partial charge in [-0.05, 0) is 85.4 Å². The van der Waals surface area contributed by atoms with Crippen LogP contribution >= 0.6 is 0 Å². The average molecular weight is 471 g/mol. The topological polar surface area (TPSA) is 59.1 Å². The Morgan fingerprint density at radius 1 is 1.09 bits per heavy atom. The van der Waals surface area contributed by atoms with E-state index in [0.29, 0.717) is 12.5 Å². The molecule has 1 heterocycles. The number of amides is 1. The van der Waals surface area contributed by atoms with Crippen molar-refractivity contribution in [1.29, 1.82) is 0 Å². The molecule has 1 aliphatic heterocycles. The van der Waals surface area contributed by atoms with E-state index < -0.39 is 5.60 Å². The van der Waals surface area contributed by atoms with Crippen LogP contribution in [0.1, 0.15) is 78.2 Å². The number of rotatable bonds is 8. The summed E-state index contributed by atoms with van der Waals surface area (Å²) in [5.41, 5.74) is 0.564. The Hall–Kier alpha value is -2.08. The van der Waals surface area contributed by atoms with E-state index in [-0.39, 0.29) is 28.9 Å². The van der Waals surface area contributed by atoms with Crippen molar-refractivity contribution in [2.75, 3.05) is 32.8 Å². The maximum atomic E-state index is 13.3. The molecule has 0 bridgehead atoms. The van der Waals surface area contributed by atoms with Gasteiger partial charge in [-0.15, -0.1) is 0 Å². The van der Waals surface area contributed by atoms with Gasteiger partial charge >= 0.3 is 12.1 Å². The van der Waals surface area contributed by atoms with Gasteiger partial charge in [0.1, 0.15) is 5.60 Å². The lowest BCUT2D eigenvalue weighted by Gasteiger charge is -2.40. The molecule has 6 heteroatoms. The summed E-state index contributed by atoms with van der Waals surface area (Å²) in [5.74, 6) is 0.331. The van der Waals surface area contributed by atoms with E-state index in [4.69, 9.17) is 9.47 Å². The van der Waals surface area contributed by atoms with Crippen molar-refractivity contribution in [1.82, 2.24) is 9.80 Å². The number of carbonyl (C=O) groups excluding carboxylic acids is 2. The largest absolute Gasteiger partial charge is 0.466 e. The van der Waals surface area contributed by atoms with Crippen LogP contribution in [0, 0.1) is 10.8 Å². The van der Waals surface area contributed by atoms with Crippen molar-refractivity contribution in [3.63, 3.8) is 0 Å². The Balaban J connectivity index is 1.39. The van der Waals surface area contributed by atoms with Crippen molar-refractivity contribution in [2.45, 2.75) is 84.3 Å². The number of likely N-dealkylation sites (tertiary alicyclic amines) is 1. The molecule has 1 unspecified atom stereocenters. The number of hydrogen-bond acceptors (Lipinski definition) is 5. The van der Waals surface area contributed by atoms with Crippen molar-refractivity contribution < 1.29 is 19.1 Å². The Morgan fingerprint density at radius 3 is 2.29 bits per heavy atom. The highest BCUT2D eigenvalue weighted by atomic mass is 16.6. The summed E-state index contributed by atoms with van der Waals surface area (Å²) < 4.78 is 11.2. The highest BCUT2D eigenvalue weighted by molar-refractivity contribution is 5.76. The molecule has 3 fully saturated rings. The fraction of sp³-hybridized carbons (Fsp3) is 0.714. The number of ether oxygens (including phenoxy) is 2. The summed E-state index contributed by atoms with van der Waals surface area (Å²) in [4.78, 5) is 30.2. The van der Waals surface area contributed by atoms with E-state index >= 15 is 0 Å². The smallest absolute Gasteiger partial charge is 0.410 e. The summed E-state index contributed by atoms with van der Waals surface area (Å²) in [5, 5.41) is 0. The molecule has 3 aliphatic rings. The van der Waals surface area contributed by atoms with E-state index in [2.05, 4.69) is 29.2 Å². The summed E-state index contributed by atoms with van der Waals surface area (Å²) in [6.07, 6.45) is 4.76. The number of esters is 1. The minimum absolute atomic E-state index is 0.0624. The van der Waals surface area contributed by atoms with Gasteiger partial charge in [-0.2, -0.15) is 0 Å². The zero-order valence-corrected chi connectivity index (χ0v) is 21.6. The molecule has 34 heavy (non-hydrogen) atoms. The number of carbonyl (C=O) groups is 2. The van der Waals surface area contributed by atoms with Gasteiger partial charge < -0.3 is 19.3 Å². The summed E-state index contributed by atoms with van der Waals surface area (Å²) in [7, 11) is 0. The molecule has 1 amide bonds. The monoisotopic (exact) mass is 470 g/mol. The van der Waals surface area contributed by atoms with Gasteiger partial charge in [-0.3, -0.25) is 4.79 Å². The van der Waals surface area contributed by atoms with Crippen LogP contribution in [-0.4, -0.2) is 66.3 Å². The Kier molecular flexibility index (Phi) is 7.01. The minimum Gasteiger partial charge on any atom is -0.466 e. The van der Waals surface area contributed by atoms with Crippen LogP contribution in [0.25, 0.3) is 0 Å². The molecule has 0 spiro atoms. The molecular formula is C28H42N2O4. The molecule has 0 radical (unpaired) electrons. The molecular weight excluding hydrogens is 428 g/mol. The molecule has 1 saturated heterocycles. The molecule has 2 atom stereocenters. The lowest BCUT2D eigenvalue weighted by molar-refractivity contribution is -0.157. The third-order valence-electron chi connectivity index (χ3n) is 7.76. The third kappa shape index (κ3) is 5.94. The summed E-state index contributed by atoms with van der Waals surface area (Å²) in [6, 6.07) is 10.7. The van der Waals surface area contributed by atoms with E-state index in [1.807, 2.05) is 45.6 Å². The molecule has 6 nitrogen and oxygen atoms in total. The molecule has 0 aromatic heterocycles. The number of piperidine rings is 1. The number of nitrogens with zero attached hydrogens (tertiary/aromatic N) is 2. The van der Waals surface area contributed by atoms with E-state index in [0.717, 1.165) is 58.3 Å². The number of hydrogen-bond donors (Lipinski definition) is 0. The lowest BCUT2D eigenvalue weighted by Crippen LogP contribution is -2.48. The quantitative estimate of drug-likeness (QED) is 0.487. The molecule has 0 N–H and O–H groups in total. The summed E-state index contributed by atoms with van der Waals surface area (Å²) in [6.45, 7) is 13.7. The van der Waals surface area contributed by atoms with Crippen molar-refractivity contribution in [3.8, 4) is 0 Å². The highest BCUT2D eigenvalue weighted by Crippen LogP contribution is 2.52. The maximum Gasteiger partial charge on any atom is 0.410 e. The van der Waals surface area contributed by atoms with Gasteiger partial charge in [-0.25, -0.2) is 4.79 Å². The van der Waals surface area contributed by atoms with Gasteiger partial charge in [0.25, 0.3) is 0 Å². The minimum atomic E-state index is -0.506. The maximum absolute atomic E-state index is 13.3. The van der Waals surface area contributed by atoms with Crippen molar-refractivity contribution in [3.05, 3.63) is 35.9 Å². The molecule has 4 rings (SSSR count). The van der Waals surface area contributed by atoms with Crippen LogP contribution in [0.3, 0.4) is 0 Å². The predicted molar refractivity (Wildman–Crippen MR) is 133 cm³/mol. The first-order chi connectivity index (χ1) is 16.0. The lowest BCUT2D eigenvalue weighted by atomic mass is 9.80. The first kappa shape index (κ1) is 25.0. The third-order valence-corrected chi connectivity index (χ3v) is 7.76. The van der Waals surface area contributed by atoms with Crippen LogP contribution < -0.4 is 0 Å². The van der Waals surface area contributed by atoms with E-state index in [9.17, 15) is 9.59 Å². The van der Waals surface area contributed by atoms with Crippen LogP contribution in [0.15, 0.2) is 30.3 Å². The van der Waals surface area contributed by atoms with E-state index in [1.54, 1.807) is 0 Å². The average Bonchev–Trinajstić information content (AvgIpc) is 3.70. The van der Waals surface area contributed by atoms with Crippen LogP contribution in [0.5, 0.6) is 0 Å². The Morgan fingerprint density at radius 2 is 1.74 bits per heavy atom. The molecule has 1 aromatic carbocycles. The van der Waals surface area contributed by atoms with Crippen molar-refractivity contribution >= 4 is 12.1 Å². The second-order valence-electron chi connectivity index (χ2n) is 12.0. The van der Waals surface area contributed by atoms with E-state index in [1.165, 1.54) is 5.56 Å². The van der Waals surface area contributed by atoms with Crippen LogP contribution in [0.2, 0.25) is 0 Å². The fourth-order valence-electron chi connectivity index (χ4n) is 5.32. The fourth-order valence-corrected chi connectivity index (χ4v) is 5.32. The van der Waals surface area contributed by atoms with Crippen molar-refractivity contribution in [2.24, 2.45) is 10.8 Å². The van der Waals surface area contributed by atoms with Gasteiger partial charge in [0, 0.05) is 30.5 Å².